The molecule has 0 unspecified atom stereocenters. The van der Waals surface area contributed by atoms with Gasteiger partial charge in [-0.25, -0.2) is 4.98 Å². The van der Waals surface area contributed by atoms with E-state index >= 15 is 0 Å². The summed E-state index contributed by atoms with van der Waals surface area (Å²) < 4.78 is 2.22. The summed E-state index contributed by atoms with van der Waals surface area (Å²) in [6.45, 7) is 9.20. The number of amides is 1. The van der Waals surface area contributed by atoms with Crippen LogP contribution in [0.1, 0.15) is 38.1 Å². The number of imidazole rings is 1. The van der Waals surface area contributed by atoms with E-state index in [1.807, 2.05) is 36.0 Å². The van der Waals surface area contributed by atoms with Crippen LogP contribution in [0.2, 0.25) is 0 Å². The topological polar surface area (TPSA) is 38.1 Å². The number of piperidine rings is 1. The lowest BCUT2D eigenvalue weighted by atomic mass is 9.96. The molecule has 1 aliphatic rings. The third kappa shape index (κ3) is 5.13. The number of thioether (sulfide) groups is 1. The van der Waals surface area contributed by atoms with Gasteiger partial charge in [0, 0.05) is 42.2 Å². The van der Waals surface area contributed by atoms with Gasteiger partial charge in [0.25, 0.3) is 0 Å². The van der Waals surface area contributed by atoms with E-state index in [2.05, 4.69) is 47.7 Å². The van der Waals surface area contributed by atoms with Gasteiger partial charge in [0.2, 0.25) is 5.91 Å². The Bertz CT molecular complexity index is 715. The molecule has 0 aliphatic carbocycles. The molecule has 1 amide bonds. The lowest BCUT2D eigenvalue weighted by molar-refractivity contribution is -0.131. The molecule has 1 aliphatic heterocycles. The summed E-state index contributed by atoms with van der Waals surface area (Å²) in [5.74, 6) is 1.97. The van der Waals surface area contributed by atoms with Crippen molar-refractivity contribution in [3.63, 3.8) is 0 Å². The van der Waals surface area contributed by atoms with Crippen molar-refractivity contribution >= 4 is 17.7 Å². The van der Waals surface area contributed by atoms with E-state index in [-0.39, 0.29) is 5.91 Å². The number of aryl methyl sites for hydroxylation is 1. The summed E-state index contributed by atoms with van der Waals surface area (Å²) in [5.41, 5.74) is 1.11. The Balaban J connectivity index is 1.47. The molecule has 140 valence electrons. The molecular weight excluding hydrogens is 342 g/mol. The van der Waals surface area contributed by atoms with Crippen molar-refractivity contribution in [2.75, 3.05) is 13.1 Å². The molecule has 1 saturated heterocycles. The zero-order chi connectivity index (χ0) is 18.5. The molecule has 2 aromatic rings. The van der Waals surface area contributed by atoms with E-state index in [9.17, 15) is 4.79 Å². The maximum atomic E-state index is 12.6. The second kappa shape index (κ2) is 8.76. The van der Waals surface area contributed by atoms with Crippen LogP contribution in [0, 0.1) is 12.8 Å². The largest absolute Gasteiger partial charge is 0.342 e. The van der Waals surface area contributed by atoms with Gasteiger partial charge in [-0.05, 0) is 43.4 Å². The van der Waals surface area contributed by atoms with Crippen LogP contribution in [0.4, 0.5) is 0 Å². The summed E-state index contributed by atoms with van der Waals surface area (Å²) in [7, 11) is 0. The molecule has 4 nitrogen and oxygen atoms in total. The standard InChI is InChI=1S/C21H29N3OS/c1-16(2)26-20-6-4-18(5-7-20)14-21(25)23-11-8-19(9-12-23)15-24-13-10-22-17(24)3/h4-7,10,13,16,19H,8-9,11-12,14-15H2,1-3H3. The van der Waals surface area contributed by atoms with Crippen LogP contribution in [0.3, 0.4) is 0 Å². The predicted octanol–water partition coefficient (Wildman–Crippen LogP) is 4.17. The highest BCUT2D eigenvalue weighted by atomic mass is 32.2. The monoisotopic (exact) mass is 371 g/mol. The van der Waals surface area contributed by atoms with E-state index in [0.717, 1.165) is 43.9 Å². The first-order valence-corrected chi connectivity index (χ1v) is 10.4. The van der Waals surface area contributed by atoms with Crippen LogP contribution in [0.5, 0.6) is 0 Å². The highest BCUT2D eigenvalue weighted by Crippen LogP contribution is 2.24. The number of hydrogen-bond donors (Lipinski definition) is 0. The number of hydrogen-bond acceptors (Lipinski definition) is 3. The number of carbonyl (C=O) groups is 1. The summed E-state index contributed by atoms with van der Waals surface area (Å²) in [4.78, 5) is 20.2. The van der Waals surface area contributed by atoms with Gasteiger partial charge < -0.3 is 9.47 Å². The fraction of sp³-hybridized carbons (Fsp3) is 0.524. The average Bonchev–Trinajstić information content (AvgIpc) is 3.01. The van der Waals surface area contributed by atoms with E-state index in [1.165, 1.54) is 4.90 Å². The lowest BCUT2D eigenvalue weighted by Crippen LogP contribution is -2.40. The molecule has 0 saturated carbocycles. The van der Waals surface area contributed by atoms with Gasteiger partial charge in [0.15, 0.2) is 0 Å². The molecule has 0 spiro atoms. The molecule has 2 heterocycles. The quantitative estimate of drug-likeness (QED) is 0.715. The molecule has 0 radical (unpaired) electrons. The first-order valence-electron chi connectivity index (χ1n) is 9.52. The molecule has 1 aromatic heterocycles. The van der Waals surface area contributed by atoms with Crippen molar-refractivity contribution < 1.29 is 4.79 Å². The smallest absolute Gasteiger partial charge is 0.226 e. The van der Waals surface area contributed by atoms with Gasteiger partial charge in [-0.3, -0.25) is 4.79 Å². The number of likely N-dealkylation sites (tertiary alicyclic amines) is 1. The number of nitrogens with zero attached hydrogens (tertiary/aromatic N) is 3. The lowest BCUT2D eigenvalue weighted by Gasteiger charge is -2.32. The fourth-order valence-corrected chi connectivity index (χ4v) is 4.32. The molecular formula is C21H29N3OS. The predicted molar refractivity (Wildman–Crippen MR) is 107 cm³/mol. The Labute approximate surface area is 161 Å². The highest BCUT2D eigenvalue weighted by Gasteiger charge is 2.23. The maximum Gasteiger partial charge on any atom is 0.226 e. The molecule has 0 atom stereocenters. The molecule has 26 heavy (non-hydrogen) atoms. The maximum absolute atomic E-state index is 12.6. The molecule has 5 heteroatoms. The minimum atomic E-state index is 0.256. The summed E-state index contributed by atoms with van der Waals surface area (Å²) in [6.07, 6.45) is 6.58. The normalized spacial score (nSPS) is 15.6. The van der Waals surface area contributed by atoms with Gasteiger partial charge in [-0.15, -0.1) is 11.8 Å². The Kier molecular flexibility index (Phi) is 6.41. The van der Waals surface area contributed by atoms with Crippen molar-refractivity contribution in [2.45, 2.75) is 56.7 Å². The first kappa shape index (κ1) is 19.0. The fourth-order valence-electron chi connectivity index (χ4n) is 3.48. The van der Waals surface area contributed by atoms with Crippen LogP contribution in [0.15, 0.2) is 41.6 Å². The van der Waals surface area contributed by atoms with Crippen LogP contribution in [0.25, 0.3) is 0 Å². The minimum Gasteiger partial charge on any atom is -0.342 e. The third-order valence-corrected chi connectivity index (χ3v) is 6.01. The zero-order valence-electron chi connectivity index (χ0n) is 16.0. The minimum absolute atomic E-state index is 0.256. The molecule has 0 bridgehead atoms. The Morgan fingerprint density at radius 2 is 1.92 bits per heavy atom. The molecule has 0 N–H and O–H groups in total. The molecule has 1 aromatic carbocycles. The molecule has 1 fully saturated rings. The summed E-state index contributed by atoms with van der Waals surface area (Å²) in [6, 6.07) is 8.45. The van der Waals surface area contributed by atoms with E-state index in [1.54, 1.807) is 0 Å². The first-order chi connectivity index (χ1) is 12.5. The van der Waals surface area contributed by atoms with Crippen molar-refractivity contribution in [3.8, 4) is 0 Å². The second-order valence-electron chi connectivity index (χ2n) is 7.44. The van der Waals surface area contributed by atoms with Gasteiger partial charge in [-0.1, -0.05) is 26.0 Å². The van der Waals surface area contributed by atoms with Gasteiger partial charge in [0.05, 0.1) is 6.42 Å². The van der Waals surface area contributed by atoms with Gasteiger partial charge in [-0.2, -0.15) is 0 Å². The highest BCUT2D eigenvalue weighted by molar-refractivity contribution is 7.99. The van der Waals surface area contributed by atoms with Crippen LogP contribution in [-0.4, -0.2) is 38.7 Å². The van der Waals surface area contributed by atoms with E-state index in [0.29, 0.717) is 17.6 Å². The number of carbonyl (C=O) groups excluding carboxylic acids is 1. The number of rotatable bonds is 6. The Morgan fingerprint density at radius 3 is 2.50 bits per heavy atom. The molecule has 3 rings (SSSR count). The van der Waals surface area contributed by atoms with Gasteiger partial charge in [0.1, 0.15) is 5.82 Å². The van der Waals surface area contributed by atoms with Crippen LogP contribution in [-0.2, 0) is 17.8 Å². The third-order valence-electron chi connectivity index (χ3n) is 5.00. The van der Waals surface area contributed by atoms with Gasteiger partial charge >= 0.3 is 0 Å². The van der Waals surface area contributed by atoms with Crippen molar-refractivity contribution in [2.24, 2.45) is 5.92 Å². The van der Waals surface area contributed by atoms with Crippen LogP contribution < -0.4 is 0 Å². The second-order valence-corrected chi connectivity index (χ2v) is 9.09. The van der Waals surface area contributed by atoms with E-state index in [4.69, 9.17) is 0 Å². The number of benzene rings is 1. The Morgan fingerprint density at radius 1 is 1.23 bits per heavy atom. The van der Waals surface area contributed by atoms with Crippen molar-refractivity contribution in [3.05, 3.63) is 48.0 Å². The number of aromatic nitrogens is 2. The van der Waals surface area contributed by atoms with Crippen molar-refractivity contribution in [1.82, 2.24) is 14.5 Å². The zero-order valence-corrected chi connectivity index (χ0v) is 16.8. The van der Waals surface area contributed by atoms with Crippen molar-refractivity contribution in [1.29, 1.82) is 0 Å². The Hall–Kier alpha value is -1.75. The van der Waals surface area contributed by atoms with E-state index < -0.39 is 0 Å². The SMILES string of the molecule is Cc1nccn1CC1CCN(C(=O)Cc2ccc(SC(C)C)cc2)CC1. The van der Waals surface area contributed by atoms with Crippen LogP contribution >= 0.6 is 11.8 Å². The summed E-state index contributed by atoms with van der Waals surface area (Å²) in [5, 5.41) is 0.579. The average molecular weight is 372 g/mol. The summed E-state index contributed by atoms with van der Waals surface area (Å²) >= 11 is 1.85.